The average molecular weight is 344 g/mol. The Hall–Kier alpha value is -3.06. The van der Waals surface area contributed by atoms with E-state index in [1.54, 1.807) is 12.1 Å². The zero-order chi connectivity index (χ0) is 18.1. The van der Waals surface area contributed by atoms with Crippen LogP contribution in [0.2, 0.25) is 0 Å². The molecule has 0 saturated heterocycles. The van der Waals surface area contributed by atoms with Crippen LogP contribution in [0, 0.1) is 0 Å². The maximum Gasteiger partial charge on any atom is 0.338 e. The van der Waals surface area contributed by atoms with Gasteiger partial charge in [0.15, 0.2) is 11.3 Å². The summed E-state index contributed by atoms with van der Waals surface area (Å²) in [6.45, 7) is -0.0792. The summed E-state index contributed by atoms with van der Waals surface area (Å²) >= 11 is 0. The van der Waals surface area contributed by atoms with Gasteiger partial charge in [-0.1, -0.05) is 0 Å². The fraction of sp³-hybridized carbons (Fsp3) is 0.222. The Labute approximate surface area is 142 Å². The predicted octanol–water partition coefficient (Wildman–Crippen LogP) is 1.98. The first kappa shape index (κ1) is 16.8. The van der Waals surface area contributed by atoms with Crippen LogP contribution >= 0.6 is 0 Å². The first-order chi connectivity index (χ1) is 12.0. The molecule has 0 unspecified atom stereocenters. The van der Waals surface area contributed by atoms with Crippen molar-refractivity contribution < 1.29 is 28.9 Å². The van der Waals surface area contributed by atoms with Crippen LogP contribution in [0.5, 0.6) is 11.5 Å². The van der Waals surface area contributed by atoms with Crippen molar-refractivity contribution in [3.05, 3.63) is 45.6 Å². The fourth-order valence-corrected chi connectivity index (χ4v) is 2.80. The Morgan fingerprint density at radius 3 is 2.60 bits per heavy atom. The smallest absolute Gasteiger partial charge is 0.338 e. The van der Waals surface area contributed by atoms with Gasteiger partial charge in [-0.05, 0) is 36.2 Å². The number of benzene rings is 2. The molecule has 0 spiro atoms. The molecule has 0 saturated carbocycles. The summed E-state index contributed by atoms with van der Waals surface area (Å²) in [7, 11) is 2.61. The summed E-state index contributed by atoms with van der Waals surface area (Å²) in [5, 5.41) is 19.3. The van der Waals surface area contributed by atoms with Gasteiger partial charge >= 0.3 is 5.97 Å². The molecule has 0 aliphatic carbocycles. The molecule has 1 heterocycles. The van der Waals surface area contributed by atoms with E-state index in [9.17, 15) is 14.7 Å². The molecule has 3 aromatic rings. The van der Waals surface area contributed by atoms with Crippen molar-refractivity contribution in [2.75, 3.05) is 20.8 Å². The molecule has 7 nitrogen and oxygen atoms in total. The molecule has 2 N–H and O–H groups in total. The molecule has 2 aromatic carbocycles. The Morgan fingerprint density at radius 2 is 1.96 bits per heavy atom. The number of aliphatic hydroxyl groups is 1. The van der Waals surface area contributed by atoms with Crippen molar-refractivity contribution in [3.63, 3.8) is 0 Å². The topological polar surface area (TPSA) is 106 Å². The molecule has 0 amide bonds. The minimum atomic E-state index is -0.715. The molecular formula is C18H16O7. The maximum absolute atomic E-state index is 13.0. The van der Waals surface area contributed by atoms with Crippen LogP contribution in [0.1, 0.15) is 15.9 Å². The highest BCUT2D eigenvalue weighted by molar-refractivity contribution is 6.07. The molecule has 0 bridgehead atoms. The highest BCUT2D eigenvalue weighted by Gasteiger charge is 2.21. The number of rotatable bonds is 4. The van der Waals surface area contributed by atoms with Gasteiger partial charge < -0.3 is 24.1 Å². The number of esters is 1. The number of aliphatic hydroxyl groups excluding tert-OH is 1. The Bertz CT molecular complexity index is 1030. The Balaban J connectivity index is 2.50. The van der Waals surface area contributed by atoms with Crippen molar-refractivity contribution in [1.82, 2.24) is 0 Å². The monoisotopic (exact) mass is 344 g/mol. The number of ether oxygens (including phenoxy) is 2. The third kappa shape index (κ3) is 2.68. The van der Waals surface area contributed by atoms with Gasteiger partial charge in [-0.2, -0.15) is 0 Å². The lowest BCUT2D eigenvalue weighted by Gasteiger charge is -2.11. The highest BCUT2D eigenvalue weighted by atomic mass is 16.5. The molecule has 0 atom stereocenters. The lowest BCUT2D eigenvalue weighted by molar-refractivity contribution is 0.0603. The summed E-state index contributed by atoms with van der Waals surface area (Å²) in [6.07, 6.45) is 0.349. The second-order valence-corrected chi connectivity index (χ2v) is 5.40. The van der Waals surface area contributed by atoms with Crippen molar-refractivity contribution in [1.29, 1.82) is 0 Å². The minimum absolute atomic E-state index is 0.00700. The second-order valence-electron chi connectivity index (χ2n) is 5.40. The first-order valence-electron chi connectivity index (χ1n) is 7.50. The standard InChI is InChI=1S/C18H16O7/c1-23-12-7-9(5-6-19)8-13-15(12)16(21)14-10(18(22)24-2)3-4-11(20)17(14)25-13/h3-4,7-8,19-20H,5-6H2,1-2H3. The van der Waals surface area contributed by atoms with Gasteiger partial charge in [0.1, 0.15) is 16.7 Å². The number of carbonyl (C=O) groups is 1. The van der Waals surface area contributed by atoms with Crippen molar-refractivity contribution in [2.24, 2.45) is 0 Å². The minimum Gasteiger partial charge on any atom is -0.504 e. The quantitative estimate of drug-likeness (QED) is 0.550. The van der Waals surface area contributed by atoms with Crippen LogP contribution in [0.15, 0.2) is 33.5 Å². The van der Waals surface area contributed by atoms with Gasteiger partial charge in [-0.3, -0.25) is 4.79 Å². The summed E-state index contributed by atoms with van der Waals surface area (Å²) < 4.78 is 15.7. The van der Waals surface area contributed by atoms with Crippen LogP contribution in [-0.2, 0) is 11.2 Å². The molecule has 0 aliphatic rings. The van der Waals surface area contributed by atoms with Crippen molar-refractivity contribution >= 4 is 27.9 Å². The zero-order valence-electron chi connectivity index (χ0n) is 13.7. The van der Waals surface area contributed by atoms with E-state index >= 15 is 0 Å². The van der Waals surface area contributed by atoms with Crippen LogP contribution in [0.3, 0.4) is 0 Å². The predicted molar refractivity (Wildman–Crippen MR) is 90.3 cm³/mol. The second kappa shape index (κ2) is 6.45. The number of phenolic OH excluding ortho intramolecular Hbond substituents is 1. The summed E-state index contributed by atoms with van der Waals surface area (Å²) in [4.78, 5) is 25.0. The van der Waals surface area contributed by atoms with E-state index in [0.717, 1.165) is 0 Å². The Kier molecular flexibility index (Phi) is 4.33. The van der Waals surface area contributed by atoms with Crippen molar-refractivity contribution in [2.45, 2.75) is 6.42 Å². The molecule has 7 heteroatoms. The lowest BCUT2D eigenvalue weighted by atomic mass is 10.0. The third-order valence-electron chi connectivity index (χ3n) is 3.95. The van der Waals surface area contributed by atoms with E-state index in [-0.39, 0.29) is 45.6 Å². The van der Waals surface area contributed by atoms with Crippen LogP contribution in [0.25, 0.3) is 21.9 Å². The number of aromatic hydroxyl groups is 1. The summed E-state index contributed by atoms with van der Waals surface area (Å²) in [5.74, 6) is -0.726. The number of hydrogen-bond donors (Lipinski definition) is 2. The third-order valence-corrected chi connectivity index (χ3v) is 3.95. The molecule has 25 heavy (non-hydrogen) atoms. The van der Waals surface area contributed by atoms with Gasteiger partial charge in [0, 0.05) is 6.61 Å². The largest absolute Gasteiger partial charge is 0.504 e. The van der Waals surface area contributed by atoms with Gasteiger partial charge in [0.05, 0.1) is 25.2 Å². The van der Waals surface area contributed by atoms with Gasteiger partial charge in [0.2, 0.25) is 5.43 Å². The molecule has 130 valence electrons. The summed E-state index contributed by atoms with van der Waals surface area (Å²) in [5.41, 5.74) is 0.270. The maximum atomic E-state index is 13.0. The van der Waals surface area contributed by atoms with E-state index in [0.29, 0.717) is 12.0 Å². The number of carbonyl (C=O) groups excluding carboxylic acids is 1. The Morgan fingerprint density at radius 1 is 1.20 bits per heavy atom. The van der Waals surface area contributed by atoms with Crippen molar-refractivity contribution in [3.8, 4) is 11.5 Å². The van der Waals surface area contributed by atoms with Gasteiger partial charge in [-0.15, -0.1) is 0 Å². The molecule has 0 aliphatic heterocycles. The molecular weight excluding hydrogens is 328 g/mol. The normalized spacial score (nSPS) is 11.0. The molecule has 1 aromatic heterocycles. The van der Waals surface area contributed by atoms with Gasteiger partial charge in [0.25, 0.3) is 0 Å². The van der Waals surface area contributed by atoms with E-state index in [1.165, 1.54) is 26.4 Å². The SMILES string of the molecule is COC(=O)c1ccc(O)c2oc3cc(CCO)cc(OC)c3c(=O)c12. The van der Waals surface area contributed by atoms with Crippen LogP contribution in [-0.4, -0.2) is 37.0 Å². The molecule has 0 radical (unpaired) electrons. The van der Waals surface area contributed by atoms with E-state index < -0.39 is 11.4 Å². The average Bonchev–Trinajstić information content (AvgIpc) is 2.61. The zero-order valence-corrected chi connectivity index (χ0v) is 13.7. The highest BCUT2D eigenvalue weighted by Crippen LogP contribution is 2.33. The number of fused-ring (bicyclic) bond motifs is 2. The number of methoxy groups -OCH3 is 2. The first-order valence-corrected chi connectivity index (χ1v) is 7.50. The van der Waals surface area contributed by atoms with E-state index in [4.69, 9.17) is 19.0 Å². The lowest BCUT2D eigenvalue weighted by Crippen LogP contribution is -2.11. The van der Waals surface area contributed by atoms with Gasteiger partial charge in [-0.25, -0.2) is 4.79 Å². The summed E-state index contributed by atoms with van der Waals surface area (Å²) in [6, 6.07) is 5.79. The number of hydrogen-bond acceptors (Lipinski definition) is 7. The van der Waals surface area contributed by atoms with Crippen LogP contribution in [0.4, 0.5) is 0 Å². The van der Waals surface area contributed by atoms with E-state index in [2.05, 4.69) is 0 Å². The van der Waals surface area contributed by atoms with Crippen LogP contribution < -0.4 is 10.2 Å². The van der Waals surface area contributed by atoms with E-state index in [1.807, 2.05) is 0 Å². The number of phenols is 1. The fourth-order valence-electron chi connectivity index (χ4n) is 2.80. The molecule has 3 rings (SSSR count). The molecule has 0 fully saturated rings.